The minimum absolute atomic E-state index is 0.382. The molecule has 3 aromatic rings. The predicted molar refractivity (Wildman–Crippen MR) is 82.0 cm³/mol. The minimum Gasteiger partial charge on any atom is -0.350 e. The largest absolute Gasteiger partial charge is 0.350 e. The molecular weight excluding hydrogens is 294 g/mol. The number of anilines is 2. The third-order valence-electron chi connectivity index (χ3n) is 3.82. The zero-order chi connectivity index (χ0) is 15.6. The number of hydrogen-bond donors (Lipinski definition) is 0. The molecule has 9 heteroatoms. The maximum Gasteiger partial charge on any atom is 0.226 e. The zero-order valence-electron chi connectivity index (χ0n) is 12.2. The second kappa shape index (κ2) is 5.49. The molecule has 23 heavy (non-hydrogen) atoms. The third-order valence-corrected chi connectivity index (χ3v) is 3.82. The van der Waals surface area contributed by atoms with Crippen LogP contribution < -0.4 is 9.80 Å². The second-order valence-corrected chi connectivity index (χ2v) is 5.14. The summed E-state index contributed by atoms with van der Waals surface area (Å²) in [5.74, 6) is 1.42. The van der Waals surface area contributed by atoms with Crippen LogP contribution in [0.2, 0.25) is 0 Å². The van der Waals surface area contributed by atoms with Crippen LogP contribution in [0.5, 0.6) is 0 Å². The van der Waals surface area contributed by atoms with Crippen LogP contribution in [-0.2, 0) is 0 Å². The summed E-state index contributed by atoms with van der Waals surface area (Å²) in [4.78, 5) is 17.2. The Morgan fingerprint density at radius 1 is 1.04 bits per heavy atom. The lowest BCUT2D eigenvalue weighted by Gasteiger charge is -2.35. The molecule has 0 amide bonds. The first-order chi connectivity index (χ1) is 11.3. The Morgan fingerprint density at radius 3 is 2.70 bits per heavy atom. The molecule has 3 aromatic heterocycles. The van der Waals surface area contributed by atoms with Gasteiger partial charge in [0, 0.05) is 44.8 Å². The van der Waals surface area contributed by atoms with Gasteiger partial charge in [-0.15, -0.1) is 10.2 Å². The molecule has 114 valence electrons. The summed E-state index contributed by atoms with van der Waals surface area (Å²) in [6.45, 7) is 3.07. The molecule has 0 aliphatic carbocycles. The predicted octanol–water partition coefficient (Wildman–Crippen LogP) is 0.113. The van der Waals surface area contributed by atoms with Crippen LogP contribution in [0, 0.1) is 11.3 Å². The molecule has 0 radical (unpaired) electrons. The fourth-order valence-electron chi connectivity index (χ4n) is 2.65. The normalized spacial score (nSPS) is 14.9. The van der Waals surface area contributed by atoms with E-state index in [1.165, 1.54) is 0 Å². The summed E-state index contributed by atoms with van der Waals surface area (Å²) >= 11 is 0. The van der Waals surface area contributed by atoms with Crippen molar-refractivity contribution in [2.75, 3.05) is 36.0 Å². The van der Waals surface area contributed by atoms with Gasteiger partial charge in [-0.1, -0.05) is 0 Å². The van der Waals surface area contributed by atoms with Gasteiger partial charge < -0.3 is 9.80 Å². The van der Waals surface area contributed by atoms with Gasteiger partial charge in [-0.25, -0.2) is 15.0 Å². The highest BCUT2D eigenvalue weighted by molar-refractivity contribution is 5.63. The Labute approximate surface area is 131 Å². The van der Waals surface area contributed by atoms with Crippen LogP contribution >= 0.6 is 0 Å². The molecule has 0 spiro atoms. The molecule has 4 heterocycles. The Hall–Kier alpha value is -3.28. The molecule has 1 saturated heterocycles. The van der Waals surface area contributed by atoms with Gasteiger partial charge in [0.25, 0.3) is 0 Å². The summed E-state index contributed by atoms with van der Waals surface area (Å²) in [7, 11) is 0. The van der Waals surface area contributed by atoms with Gasteiger partial charge in [0.2, 0.25) is 11.6 Å². The van der Waals surface area contributed by atoms with E-state index in [0.29, 0.717) is 11.6 Å². The van der Waals surface area contributed by atoms with Gasteiger partial charge in [-0.2, -0.15) is 5.26 Å². The van der Waals surface area contributed by atoms with Gasteiger partial charge in [-0.05, 0) is 6.07 Å². The SMILES string of the molecule is N#Cc1ccnc(N2CCN(c3nccn4cnnc34)CC2)n1. The molecule has 0 unspecified atom stereocenters. The van der Waals surface area contributed by atoms with Crippen molar-refractivity contribution in [3.63, 3.8) is 0 Å². The van der Waals surface area contributed by atoms with Crippen LogP contribution in [-0.4, -0.2) is 55.7 Å². The number of rotatable bonds is 2. The Balaban J connectivity index is 1.53. The van der Waals surface area contributed by atoms with E-state index in [4.69, 9.17) is 5.26 Å². The molecular formula is C14H13N9. The smallest absolute Gasteiger partial charge is 0.226 e. The molecule has 0 bridgehead atoms. The minimum atomic E-state index is 0.382. The average Bonchev–Trinajstić information content (AvgIpc) is 3.11. The Morgan fingerprint density at radius 2 is 1.87 bits per heavy atom. The van der Waals surface area contributed by atoms with Crippen molar-refractivity contribution in [3.05, 3.63) is 36.7 Å². The Kier molecular flexibility index (Phi) is 3.20. The van der Waals surface area contributed by atoms with Crippen molar-refractivity contribution in [3.8, 4) is 6.07 Å². The number of piperazine rings is 1. The quantitative estimate of drug-likeness (QED) is 0.658. The first kappa shape index (κ1) is 13.4. The van der Waals surface area contributed by atoms with E-state index in [1.807, 2.05) is 16.7 Å². The maximum absolute atomic E-state index is 8.94. The summed E-state index contributed by atoms with van der Waals surface area (Å²) < 4.78 is 1.86. The van der Waals surface area contributed by atoms with Crippen LogP contribution in [0.25, 0.3) is 5.65 Å². The molecule has 1 fully saturated rings. The molecule has 0 saturated carbocycles. The first-order valence-corrected chi connectivity index (χ1v) is 7.22. The number of nitriles is 1. The van der Waals surface area contributed by atoms with E-state index in [0.717, 1.165) is 37.6 Å². The average molecular weight is 307 g/mol. The molecule has 1 aliphatic rings. The summed E-state index contributed by atoms with van der Waals surface area (Å²) in [6, 6.07) is 3.65. The fraction of sp³-hybridized carbons (Fsp3) is 0.286. The van der Waals surface area contributed by atoms with E-state index in [2.05, 4.69) is 34.9 Å². The standard InChI is InChI=1S/C14H13N9/c15-9-11-1-2-17-14(19-11)22-7-5-21(6-8-22)12-13-20-18-10-23(13)4-3-16-12/h1-4,10H,5-8H2. The molecule has 0 aromatic carbocycles. The lowest BCUT2D eigenvalue weighted by atomic mass is 10.3. The summed E-state index contributed by atoms with van der Waals surface area (Å²) in [5.41, 5.74) is 1.14. The van der Waals surface area contributed by atoms with E-state index < -0.39 is 0 Å². The van der Waals surface area contributed by atoms with Crippen molar-refractivity contribution < 1.29 is 0 Å². The van der Waals surface area contributed by atoms with E-state index >= 15 is 0 Å². The highest BCUT2D eigenvalue weighted by Crippen LogP contribution is 2.19. The molecule has 0 N–H and O–H groups in total. The fourth-order valence-corrected chi connectivity index (χ4v) is 2.65. The van der Waals surface area contributed by atoms with Crippen LogP contribution in [0.4, 0.5) is 11.8 Å². The van der Waals surface area contributed by atoms with E-state index in [9.17, 15) is 0 Å². The summed E-state index contributed by atoms with van der Waals surface area (Å²) in [6.07, 6.45) is 6.86. The monoisotopic (exact) mass is 307 g/mol. The van der Waals surface area contributed by atoms with Crippen LogP contribution in [0.1, 0.15) is 5.69 Å². The third kappa shape index (κ3) is 2.40. The first-order valence-electron chi connectivity index (χ1n) is 7.22. The van der Waals surface area contributed by atoms with Crippen LogP contribution in [0.3, 0.4) is 0 Å². The Bertz CT molecular complexity index is 873. The van der Waals surface area contributed by atoms with Gasteiger partial charge >= 0.3 is 0 Å². The molecule has 9 nitrogen and oxygen atoms in total. The van der Waals surface area contributed by atoms with E-state index in [1.54, 1.807) is 24.8 Å². The van der Waals surface area contributed by atoms with Gasteiger partial charge in [0.05, 0.1) is 0 Å². The lowest BCUT2D eigenvalue weighted by molar-refractivity contribution is 0.634. The topological polar surface area (TPSA) is 99.1 Å². The highest BCUT2D eigenvalue weighted by atomic mass is 15.3. The highest BCUT2D eigenvalue weighted by Gasteiger charge is 2.22. The molecule has 1 aliphatic heterocycles. The maximum atomic E-state index is 8.94. The van der Waals surface area contributed by atoms with Gasteiger partial charge in [0.1, 0.15) is 18.1 Å². The van der Waals surface area contributed by atoms with Crippen molar-refractivity contribution in [1.29, 1.82) is 5.26 Å². The zero-order valence-corrected chi connectivity index (χ0v) is 12.2. The summed E-state index contributed by atoms with van der Waals surface area (Å²) in [5, 5.41) is 17.0. The van der Waals surface area contributed by atoms with Crippen molar-refractivity contribution in [1.82, 2.24) is 29.5 Å². The number of aromatic nitrogens is 6. The van der Waals surface area contributed by atoms with E-state index in [-0.39, 0.29) is 0 Å². The van der Waals surface area contributed by atoms with Gasteiger partial charge in [-0.3, -0.25) is 4.40 Å². The van der Waals surface area contributed by atoms with Crippen molar-refractivity contribution in [2.24, 2.45) is 0 Å². The lowest BCUT2D eigenvalue weighted by Crippen LogP contribution is -2.47. The molecule has 4 rings (SSSR count). The number of fused-ring (bicyclic) bond motifs is 1. The van der Waals surface area contributed by atoms with Gasteiger partial charge in [0.15, 0.2) is 5.82 Å². The van der Waals surface area contributed by atoms with Crippen molar-refractivity contribution >= 4 is 17.4 Å². The van der Waals surface area contributed by atoms with Crippen molar-refractivity contribution in [2.45, 2.75) is 0 Å². The number of nitrogens with zero attached hydrogens (tertiary/aromatic N) is 9. The van der Waals surface area contributed by atoms with Crippen LogP contribution in [0.15, 0.2) is 31.0 Å². The second-order valence-electron chi connectivity index (χ2n) is 5.14. The number of hydrogen-bond acceptors (Lipinski definition) is 8. The molecule has 0 atom stereocenters.